The SMILES string of the molecule is CCOc1cnc(O[C@@H]2C[C@H]3C(=O)C[C@]4(C(=O)NS(=O)(=O)C5(C)CC5)C[C@H]4/C=C\CC[C@@H](C)C[C@@H](COC)[C@H](CC(=O)OC(C)(C)C)C(=O)N3C2)c2ccc(OC)cc12.CCOc1cnc(O[C@@H]2C[C@H]3C(=O)C[C@]4(C(=O)NS(=O)(=O)C5(C)CC5)C[C@H]4/C=C\CC[C@H](C)C[C@@H](COC)[C@H](CC(=O)OC(C)(C)C)C(=O)N3C2)c2ccc(OC)cc12. The number of fused-ring (bicyclic) bond motifs is 6. The van der Waals surface area contributed by atoms with Gasteiger partial charge in [-0.3, -0.25) is 47.8 Å². The van der Waals surface area contributed by atoms with Gasteiger partial charge in [0.2, 0.25) is 55.4 Å². The number of ketones is 2. The van der Waals surface area contributed by atoms with Crippen molar-refractivity contribution in [3.05, 3.63) is 73.1 Å². The molecule has 4 aliphatic heterocycles. The van der Waals surface area contributed by atoms with Crippen LogP contribution in [-0.2, 0) is 77.4 Å². The molecule has 0 bridgehead atoms. The number of Topliss-reactive ketones (excluding diaryl/α,β-unsaturated/α-hetero) is 2. The number of carbonyl (C=O) groups excluding carboxylic acids is 8. The van der Waals surface area contributed by atoms with Gasteiger partial charge in [-0.1, -0.05) is 38.2 Å². The van der Waals surface area contributed by atoms with Crippen LogP contribution in [0.25, 0.3) is 21.5 Å². The van der Waals surface area contributed by atoms with Crippen molar-refractivity contribution < 1.29 is 103 Å². The minimum Gasteiger partial charge on any atom is -0.497 e. The first kappa shape index (κ1) is 90.3. The average Bonchev–Trinajstić information content (AvgIpc) is 1.57. The van der Waals surface area contributed by atoms with Gasteiger partial charge in [-0.25, -0.2) is 26.8 Å². The molecule has 6 heterocycles. The number of hydrogen-bond donors (Lipinski definition) is 2. The molecular weight excluding hydrogens is 1560 g/mol. The summed E-state index contributed by atoms with van der Waals surface area (Å²) >= 11 is 0. The second-order valence-electron chi connectivity index (χ2n) is 36.4. The van der Waals surface area contributed by atoms with Gasteiger partial charge in [0.1, 0.15) is 46.4 Å². The normalized spacial score (nSPS) is 29.0. The number of rotatable bonds is 24. The fourth-order valence-corrected chi connectivity index (χ4v) is 20.0. The number of amides is 4. The highest BCUT2D eigenvalue weighted by Gasteiger charge is 2.65. The largest absolute Gasteiger partial charge is 0.497 e. The first-order valence-electron chi connectivity index (χ1n) is 41.7. The van der Waals surface area contributed by atoms with Crippen LogP contribution in [-0.4, -0.2) is 197 Å². The molecule has 30 heteroatoms. The lowest BCUT2D eigenvalue weighted by molar-refractivity contribution is -0.161. The van der Waals surface area contributed by atoms with Crippen LogP contribution < -0.4 is 37.9 Å². The number of ether oxygens (including phenoxy) is 10. The predicted molar refractivity (Wildman–Crippen MR) is 441 cm³/mol. The molecule has 2 aromatic heterocycles. The molecule has 6 fully saturated rings. The maximum atomic E-state index is 15.1. The molecule has 12 rings (SSSR count). The topological polar surface area (TPSA) is 353 Å². The Balaban J connectivity index is 0.000000231. The Morgan fingerprint density at radius 2 is 0.915 bits per heavy atom. The van der Waals surface area contributed by atoms with Crippen LogP contribution in [0.15, 0.2) is 73.1 Å². The van der Waals surface area contributed by atoms with Gasteiger partial charge in [0, 0.05) is 74.7 Å². The summed E-state index contributed by atoms with van der Waals surface area (Å²) in [6, 6.07) is 8.77. The predicted octanol–water partition coefficient (Wildman–Crippen LogP) is 11.9. The molecule has 648 valence electrons. The summed E-state index contributed by atoms with van der Waals surface area (Å²) in [7, 11) is -1.69. The Morgan fingerprint density at radius 3 is 1.25 bits per heavy atom. The minimum absolute atomic E-state index is 0.00286. The van der Waals surface area contributed by atoms with E-state index in [1.54, 1.807) is 108 Å². The minimum atomic E-state index is -3.98. The molecule has 2 N–H and O–H groups in total. The molecule has 4 saturated carbocycles. The van der Waals surface area contributed by atoms with Gasteiger partial charge >= 0.3 is 11.9 Å². The van der Waals surface area contributed by atoms with E-state index < -0.39 is 123 Å². The summed E-state index contributed by atoms with van der Waals surface area (Å²) in [5.74, 6) is -4.23. The summed E-state index contributed by atoms with van der Waals surface area (Å²) in [5.41, 5.74) is -4.18. The standard InChI is InChI=1S/2C44H61N3O11S/c2*1-9-56-37-24-45-39(32-15-14-30(55-8)19-34(32)37)57-31-20-35-36(48)23-44(41(51)46-59(52,53)43(6)16-17-43)22-29(44)13-11-10-12-27(2)18-28(26-54-7)33(40(50)47(35)25-31)21-38(49)58-42(3,4)5/h2*11,13-15,19,24,27-29,31,33,35H,9-10,12,16-18,20-23,25-26H2,1-8H3,(H,46,51)/b2*13-11-/t27-,28+,29-,31-,33+,35+,44-;27-,28-,29+,31+,33-,35-,44+/m10/s1. The Bertz CT molecular complexity index is 4410. The fourth-order valence-electron chi connectivity index (χ4n) is 17.3. The molecule has 0 radical (unpaired) electrons. The number of pyridine rings is 2. The summed E-state index contributed by atoms with van der Waals surface area (Å²) in [6.07, 6.45) is 15.2. The number of sulfonamides is 2. The summed E-state index contributed by atoms with van der Waals surface area (Å²) in [6.45, 7) is 23.0. The van der Waals surface area contributed by atoms with E-state index in [0.29, 0.717) is 122 Å². The molecule has 2 aromatic carbocycles. The van der Waals surface area contributed by atoms with Crippen LogP contribution in [0, 0.1) is 58.2 Å². The van der Waals surface area contributed by atoms with Crippen molar-refractivity contribution in [2.45, 2.75) is 244 Å². The highest BCUT2D eigenvalue weighted by Crippen LogP contribution is 2.60. The van der Waals surface area contributed by atoms with E-state index in [-0.39, 0.29) is 124 Å². The lowest BCUT2D eigenvalue weighted by atomic mass is 9.81. The number of methoxy groups -OCH3 is 4. The third-order valence-electron chi connectivity index (χ3n) is 24.8. The first-order valence-corrected chi connectivity index (χ1v) is 44.7. The van der Waals surface area contributed by atoms with Crippen molar-refractivity contribution >= 4 is 88.7 Å². The highest BCUT2D eigenvalue weighted by atomic mass is 32.2. The summed E-state index contributed by atoms with van der Waals surface area (Å²) in [5, 5.41) is 2.70. The Hall–Kier alpha value is -8.48. The van der Waals surface area contributed by atoms with Crippen molar-refractivity contribution in [2.75, 3.05) is 68.0 Å². The number of nitrogens with zero attached hydrogens (tertiary/aromatic N) is 4. The Morgan fingerprint density at radius 1 is 0.542 bits per heavy atom. The summed E-state index contributed by atoms with van der Waals surface area (Å²) in [4.78, 5) is 127. The van der Waals surface area contributed by atoms with Crippen molar-refractivity contribution in [1.29, 1.82) is 0 Å². The van der Waals surface area contributed by atoms with E-state index in [0.717, 1.165) is 12.8 Å². The Kier molecular flexibility index (Phi) is 27.9. The van der Waals surface area contributed by atoms with Gasteiger partial charge in [0.25, 0.3) is 0 Å². The van der Waals surface area contributed by atoms with Crippen LogP contribution >= 0.6 is 0 Å². The maximum absolute atomic E-state index is 15.1. The van der Waals surface area contributed by atoms with Crippen molar-refractivity contribution in [2.24, 2.45) is 58.2 Å². The molecule has 0 unspecified atom stereocenters. The third-order valence-corrected chi connectivity index (χ3v) is 29.1. The van der Waals surface area contributed by atoms with E-state index in [1.807, 2.05) is 62.4 Å². The molecule has 0 spiro atoms. The van der Waals surface area contributed by atoms with Crippen LogP contribution in [0.5, 0.6) is 34.8 Å². The van der Waals surface area contributed by atoms with Crippen molar-refractivity contribution in [3.8, 4) is 34.8 Å². The fraction of sp³-hybridized carbons (Fsp3) is 0.659. The molecular formula is C88H122N6O22S2. The quantitative estimate of drug-likeness (QED) is 0.0486. The number of nitrogens with one attached hydrogen (secondary N) is 2. The zero-order valence-corrected chi connectivity index (χ0v) is 73.0. The number of hydrogen-bond acceptors (Lipinski definition) is 24. The van der Waals surface area contributed by atoms with E-state index in [4.69, 9.17) is 47.4 Å². The zero-order valence-electron chi connectivity index (χ0n) is 71.4. The zero-order chi connectivity index (χ0) is 85.8. The number of allylic oxidation sites excluding steroid dienone is 4. The molecule has 28 nitrogen and oxygen atoms in total. The lowest BCUT2D eigenvalue weighted by Gasteiger charge is -2.33. The van der Waals surface area contributed by atoms with Gasteiger partial charge in [-0.15, -0.1) is 0 Å². The van der Waals surface area contributed by atoms with Crippen LogP contribution in [0.1, 0.15) is 199 Å². The van der Waals surface area contributed by atoms with E-state index in [9.17, 15) is 45.6 Å². The first-order chi connectivity index (χ1) is 55.7. The maximum Gasteiger partial charge on any atom is 0.307 e. The summed E-state index contributed by atoms with van der Waals surface area (Å²) < 4.78 is 115. The van der Waals surface area contributed by atoms with Gasteiger partial charge < -0.3 is 57.2 Å². The number of carbonyl (C=O) groups is 8. The molecule has 4 aromatic rings. The second-order valence-corrected chi connectivity index (χ2v) is 40.8. The number of aromatic nitrogens is 2. The molecule has 2 saturated heterocycles. The number of benzene rings is 2. The van der Waals surface area contributed by atoms with Gasteiger partial charge in [0.15, 0.2) is 11.6 Å². The van der Waals surface area contributed by atoms with E-state index in [2.05, 4.69) is 33.3 Å². The van der Waals surface area contributed by atoms with Gasteiger partial charge in [-0.2, -0.15) is 0 Å². The molecule has 14 atom stereocenters. The Labute approximate surface area is 694 Å². The smallest absolute Gasteiger partial charge is 0.307 e. The molecule has 4 amide bonds. The monoisotopic (exact) mass is 1680 g/mol. The van der Waals surface area contributed by atoms with Crippen LogP contribution in [0.4, 0.5) is 0 Å². The van der Waals surface area contributed by atoms with Crippen LogP contribution in [0.2, 0.25) is 0 Å². The second kappa shape index (κ2) is 36.5. The average molecular weight is 1680 g/mol. The van der Waals surface area contributed by atoms with E-state index >= 15 is 9.59 Å². The third kappa shape index (κ3) is 20.9. The van der Waals surface area contributed by atoms with Crippen molar-refractivity contribution in [1.82, 2.24) is 29.2 Å². The number of esters is 2. The van der Waals surface area contributed by atoms with Gasteiger partial charge in [0.05, 0.1) is 110 Å². The molecule has 8 aliphatic rings. The highest BCUT2D eigenvalue weighted by molar-refractivity contribution is 7.92. The van der Waals surface area contributed by atoms with Crippen molar-refractivity contribution in [3.63, 3.8) is 0 Å². The molecule has 4 aliphatic carbocycles. The lowest BCUT2D eigenvalue weighted by Crippen LogP contribution is -2.48. The molecule has 118 heavy (non-hydrogen) atoms. The van der Waals surface area contributed by atoms with Crippen LogP contribution in [0.3, 0.4) is 0 Å². The van der Waals surface area contributed by atoms with Gasteiger partial charge in [-0.05, 0) is 218 Å². The van der Waals surface area contributed by atoms with E-state index in [1.165, 1.54) is 9.80 Å².